The first-order valence-electron chi connectivity index (χ1n) is 3.98. The highest BCUT2D eigenvalue weighted by molar-refractivity contribution is 6.19. The summed E-state index contributed by atoms with van der Waals surface area (Å²) < 4.78 is 0. The Hall–Kier alpha value is -1.09. The molecule has 0 atom stereocenters. The number of carbonyl (C=O) groups excluding carboxylic acids is 1. The van der Waals surface area contributed by atoms with E-state index in [1.807, 2.05) is 0 Å². The van der Waals surface area contributed by atoms with Crippen molar-refractivity contribution in [3.05, 3.63) is 24.5 Å². The normalized spacial score (nSPS) is 9.69. The molecule has 0 radical (unpaired) electrons. The molecule has 70 valence electrons. The maximum Gasteiger partial charge on any atom is 0.227 e. The Bertz CT molecular complexity index is 276. The van der Waals surface area contributed by atoms with Crippen LogP contribution in [0.15, 0.2) is 24.5 Å². The second-order valence-electron chi connectivity index (χ2n) is 2.60. The van der Waals surface area contributed by atoms with Crippen molar-refractivity contribution in [1.82, 2.24) is 4.98 Å². The van der Waals surface area contributed by atoms with E-state index in [1.165, 1.54) is 0 Å². The topological polar surface area (TPSA) is 33.2 Å². The summed E-state index contributed by atoms with van der Waals surface area (Å²) in [5.41, 5.74) is 0.838. The molecule has 0 aliphatic rings. The minimum absolute atomic E-state index is 0.0150. The van der Waals surface area contributed by atoms with Crippen LogP contribution in [0.3, 0.4) is 0 Å². The van der Waals surface area contributed by atoms with Gasteiger partial charge in [0.15, 0.2) is 0 Å². The van der Waals surface area contributed by atoms with Crippen LogP contribution in [-0.4, -0.2) is 23.8 Å². The van der Waals surface area contributed by atoms with E-state index in [1.54, 1.807) is 36.5 Å². The molecule has 0 spiro atoms. The monoisotopic (exact) mass is 198 g/mol. The fourth-order valence-corrected chi connectivity index (χ4v) is 1.12. The molecular weight excluding hydrogens is 188 g/mol. The van der Waals surface area contributed by atoms with Crippen LogP contribution < -0.4 is 4.90 Å². The van der Waals surface area contributed by atoms with Gasteiger partial charge in [-0.15, -0.1) is 11.6 Å². The third-order valence-electron chi connectivity index (χ3n) is 1.73. The second kappa shape index (κ2) is 4.82. The van der Waals surface area contributed by atoms with Gasteiger partial charge in [0.2, 0.25) is 5.91 Å². The number of hydrogen-bond donors (Lipinski definition) is 0. The van der Waals surface area contributed by atoms with E-state index in [4.69, 9.17) is 11.6 Å². The summed E-state index contributed by atoms with van der Waals surface area (Å²) in [6.45, 7) is 0. The van der Waals surface area contributed by atoms with Crippen molar-refractivity contribution in [2.24, 2.45) is 0 Å². The number of amides is 1. The van der Waals surface area contributed by atoms with Gasteiger partial charge in [-0.2, -0.15) is 0 Å². The lowest BCUT2D eigenvalue weighted by atomic mass is 10.3. The third-order valence-corrected chi connectivity index (χ3v) is 1.92. The highest BCUT2D eigenvalue weighted by Crippen LogP contribution is 2.10. The van der Waals surface area contributed by atoms with Crippen LogP contribution in [0.1, 0.15) is 6.42 Å². The van der Waals surface area contributed by atoms with Gasteiger partial charge < -0.3 is 4.90 Å². The van der Waals surface area contributed by atoms with E-state index in [0.717, 1.165) is 5.69 Å². The van der Waals surface area contributed by atoms with Gasteiger partial charge in [-0.3, -0.25) is 9.78 Å². The Kier molecular flexibility index (Phi) is 3.71. The molecule has 0 unspecified atom stereocenters. The third kappa shape index (κ3) is 2.70. The van der Waals surface area contributed by atoms with Gasteiger partial charge in [-0.1, -0.05) is 0 Å². The van der Waals surface area contributed by atoms with Gasteiger partial charge in [0.25, 0.3) is 0 Å². The summed E-state index contributed by atoms with van der Waals surface area (Å²) in [7, 11) is 1.73. The summed E-state index contributed by atoms with van der Waals surface area (Å²) in [5, 5.41) is 0. The molecule has 0 N–H and O–H groups in total. The minimum Gasteiger partial charge on any atom is -0.315 e. The van der Waals surface area contributed by atoms with Gasteiger partial charge in [0, 0.05) is 37.4 Å². The van der Waals surface area contributed by atoms with Gasteiger partial charge >= 0.3 is 0 Å². The first kappa shape index (κ1) is 9.99. The average Bonchev–Trinajstić information content (AvgIpc) is 2.18. The fraction of sp³-hybridized carbons (Fsp3) is 0.333. The van der Waals surface area contributed by atoms with Crippen molar-refractivity contribution >= 4 is 23.2 Å². The smallest absolute Gasteiger partial charge is 0.227 e. The van der Waals surface area contributed by atoms with Crippen LogP contribution in [0.4, 0.5) is 5.69 Å². The van der Waals surface area contributed by atoms with Crippen molar-refractivity contribution in [1.29, 1.82) is 0 Å². The standard InChI is InChI=1S/C9H11ClN2O/c1-12(9(13)2-5-10)8-3-6-11-7-4-8/h3-4,6-7H,2,5H2,1H3. The largest absolute Gasteiger partial charge is 0.315 e. The molecule has 1 aromatic rings. The van der Waals surface area contributed by atoms with Crippen molar-refractivity contribution in [2.45, 2.75) is 6.42 Å². The number of pyridine rings is 1. The Labute approximate surface area is 82.3 Å². The van der Waals surface area contributed by atoms with Gasteiger partial charge in [0.05, 0.1) is 0 Å². The molecule has 4 heteroatoms. The highest BCUT2D eigenvalue weighted by atomic mass is 35.5. The minimum atomic E-state index is 0.0150. The number of anilines is 1. The number of rotatable bonds is 3. The molecule has 13 heavy (non-hydrogen) atoms. The Morgan fingerprint density at radius 3 is 2.69 bits per heavy atom. The maximum atomic E-state index is 11.4. The zero-order valence-corrected chi connectivity index (χ0v) is 8.16. The lowest BCUT2D eigenvalue weighted by Crippen LogP contribution is -2.26. The van der Waals surface area contributed by atoms with Gasteiger partial charge in [-0.25, -0.2) is 0 Å². The van der Waals surface area contributed by atoms with Crippen molar-refractivity contribution in [3.8, 4) is 0 Å². The van der Waals surface area contributed by atoms with Crippen LogP contribution in [0, 0.1) is 0 Å². The van der Waals surface area contributed by atoms with Crippen molar-refractivity contribution in [2.75, 3.05) is 17.8 Å². The van der Waals surface area contributed by atoms with Crippen LogP contribution in [-0.2, 0) is 4.79 Å². The predicted octanol–water partition coefficient (Wildman–Crippen LogP) is 1.67. The Morgan fingerprint density at radius 2 is 2.15 bits per heavy atom. The molecule has 3 nitrogen and oxygen atoms in total. The van der Waals surface area contributed by atoms with E-state index in [2.05, 4.69) is 4.98 Å². The number of hydrogen-bond acceptors (Lipinski definition) is 2. The van der Waals surface area contributed by atoms with Crippen molar-refractivity contribution in [3.63, 3.8) is 0 Å². The average molecular weight is 199 g/mol. The SMILES string of the molecule is CN(C(=O)CCCl)c1ccncc1. The molecule has 1 rings (SSSR count). The molecule has 1 aromatic heterocycles. The number of alkyl halides is 1. The van der Waals surface area contributed by atoms with E-state index >= 15 is 0 Å². The van der Waals surface area contributed by atoms with E-state index < -0.39 is 0 Å². The van der Waals surface area contributed by atoms with Gasteiger partial charge in [-0.05, 0) is 12.1 Å². The number of carbonyl (C=O) groups is 1. The van der Waals surface area contributed by atoms with Crippen LogP contribution in [0.5, 0.6) is 0 Å². The summed E-state index contributed by atoms with van der Waals surface area (Å²) >= 11 is 5.47. The molecule has 0 bridgehead atoms. The second-order valence-corrected chi connectivity index (χ2v) is 2.98. The number of halogens is 1. The van der Waals surface area contributed by atoms with E-state index in [9.17, 15) is 4.79 Å². The number of aromatic nitrogens is 1. The summed E-state index contributed by atoms with van der Waals surface area (Å²) in [4.78, 5) is 16.8. The molecular formula is C9H11ClN2O. The fourth-order valence-electron chi connectivity index (χ4n) is 0.960. The quantitative estimate of drug-likeness (QED) is 0.693. The lowest BCUT2D eigenvalue weighted by Gasteiger charge is -2.15. The zero-order valence-electron chi connectivity index (χ0n) is 7.40. The van der Waals surface area contributed by atoms with Gasteiger partial charge in [0.1, 0.15) is 0 Å². The molecule has 0 saturated carbocycles. The Balaban J connectivity index is 2.68. The predicted molar refractivity (Wildman–Crippen MR) is 53.0 cm³/mol. The summed E-state index contributed by atoms with van der Waals surface area (Å²) in [5.74, 6) is 0.370. The molecule has 1 heterocycles. The molecule has 0 fully saturated rings. The first-order valence-corrected chi connectivity index (χ1v) is 4.51. The zero-order chi connectivity index (χ0) is 9.68. The summed E-state index contributed by atoms with van der Waals surface area (Å²) in [6.07, 6.45) is 3.67. The van der Waals surface area contributed by atoms with Crippen LogP contribution in [0.2, 0.25) is 0 Å². The van der Waals surface area contributed by atoms with Crippen molar-refractivity contribution < 1.29 is 4.79 Å². The number of nitrogens with zero attached hydrogens (tertiary/aromatic N) is 2. The first-order chi connectivity index (χ1) is 6.25. The molecule has 0 saturated heterocycles. The highest BCUT2D eigenvalue weighted by Gasteiger charge is 2.08. The molecule has 0 aromatic carbocycles. The summed E-state index contributed by atoms with van der Waals surface area (Å²) in [6, 6.07) is 3.57. The molecule has 0 aliphatic carbocycles. The van der Waals surface area contributed by atoms with E-state index in [0.29, 0.717) is 12.3 Å². The van der Waals surface area contributed by atoms with E-state index in [-0.39, 0.29) is 5.91 Å². The maximum absolute atomic E-state index is 11.4. The Morgan fingerprint density at radius 1 is 1.54 bits per heavy atom. The molecule has 1 amide bonds. The van der Waals surface area contributed by atoms with Crippen LogP contribution >= 0.6 is 11.6 Å². The molecule has 0 aliphatic heterocycles. The lowest BCUT2D eigenvalue weighted by molar-refractivity contribution is -0.117. The van der Waals surface area contributed by atoms with Crippen LogP contribution in [0.25, 0.3) is 0 Å².